The van der Waals surface area contributed by atoms with Gasteiger partial charge in [0.1, 0.15) is 17.5 Å². The minimum absolute atomic E-state index is 0.0717. The van der Waals surface area contributed by atoms with Crippen molar-refractivity contribution in [1.82, 2.24) is 5.32 Å². The summed E-state index contributed by atoms with van der Waals surface area (Å²) >= 11 is 0. The van der Waals surface area contributed by atoms with Crippen molar-refractivity contribution in [3.05, 3.63) is 24.3 Å². The summed E-state index contributed by atoms with van der Waals surface area (Å²) in [4.78, 5) is 24.5. The third-order valence-electron chi connectivity index (χ3n) is 4.30. The predicted octanol–water partition coefficient (Wildman–Crippen LogP) is 4.58. The second-order valence-electron chi connectivity index (χ2n) is 7.08. The Morgan fingerprint density at radius 1 is 1.00 bits per heavy atom. The third kappa shape index (κ3) is 8.88. The maximum Gasteiger partial charge on any atom is 0.334 e. The standard InChI is InChI=1S/C21H33NO4/c1-4-5-6-7-8-9-10-11-19(24)22-20(16(2)3)21(25)26-18-14-12-17(23)13-15-18/h12-16,20,23H,4-11H2,1-3H3,(H,22,24)/t20-/m0/s1. The largest absolute Gasteiger partial charge is 0.508 e. The molecule has 1 amide bonds. The summed E-state index contributed by atoms with van der Waals surface area (Å²) in [5.41, 5.74) is 0. The Balaban J connectivity index is 2.37. The predicted molar refractivity (Wildman–Crippen MR) is 103 cm³/mol. The smallest absolute Gasteiger partial charge is 0.334 e. The van der Waals surface area contributed by atoms with Gasteiger partial charge in [0.2, 0.25) is 5.91 Å². The molecular weight excluding hydrogens is 330 g/mol. The fourth-order valence-corrected chi connectivity index (χ4v) is 2.68. The van der Waals surface area contributed by atoms with Crippen LogP contribution in [0.15, 0.2) is 24.3 Å². The molecule has 26 heavy (non-hydrogen) atoms. The average Bonchev–Trinajstić information content (AvgIpc) is 2.60. The summed E-state index contributed by atoms with van der Waals surface area (Å²) < 4.78 is 5.31. The number of unbranched alkanes of at least 4 members (excludes halogenated alkanes) is 6. The zero-order chi connectivity index (χ0) is 19.4. The molecule has 1 rings (SSSR count). The van der Waals surface area contributed by atoms with Gasteiger partial charge in [0.15, 0.2) is 0 Å². The van der Waals surface area contributed by atoms with Crippen LogP contribution in [0, 0.1) is 5.92 Å². The molecule has 0 radical (unpaired) electrons. The fourth-order valence-electron chi connectivity index (χ4n) is 2.68. The molecule has 0 aromatic heterocycles. The molecule has 5 nitrogen and oxygen atoms in total. The average molecular weight is 363 g/mol. The first-order valence-electron chi connectivity index (χ1n) is 9.74. The van der Waals surface area contributed by atoms with Crippen molar-refractivity contribution in [3.8, 4) is 11.5 Å². The first-order valence-corrected chi connectivity index (χ1v) is 9.74. The number of phenols is 1. The molecule has 146 valence electrons. The highest BCUT2D eigenvalue weighted by atomic mass is 16.5. The summed E-state index contributed by atoms with van der Waals surface area (Å²) in [5, 5.41) is 12.1. The highest BCUT2D eigenvalue weighted by Gasteiger charge is 2.26. The maximum atomic E-state index is 12.4. The van der Waals surface area contributed by atoms with Crippen LogP contribution in [-0.2, 0) is 9.59 Å². The number of rotatable bonds is 12. The number of hydrogen-bond donors (Lipinski definition) is 2. The van der Waals surface area contributed by atoms with E-state index in [0.29, 0.717) is 12.2 Å². The Kier molecular flexibility index (Phi) is 10.4. The highest BCUT2D eigenvalue weighted by Crippen LogP contribution is 2.17. The minimum Gasteiger partial charge on any atom is -0.508 e. The van der Waals surface area contributed by atoms with E-state index >= 15 is 0 Å². The van der Waals surface area contributed by atoms with Crippen molar-refractivity contribution >= 4 is 11.9 Å². The summed E-state index contributed by atoms with van der Waals surface area (Å²) in [5.74, 6) is -0.218. The lowest BCUT2D eigenvalue weighted by Crippen LogP contribution is -2.46. The zero-order valence-electron chi connectivity index (χ0n) is 16.3. The number of hydrogen-bond acceptors (Lipinski definition) is 4. The summed E-state index contributed by atoms with van der Waals surface area (Å²) in [7, 11) is 0. The van der Waals surface area contributed by atoms with E-state index in [1.807, 2.05) is 13.8 Å². The van der Waals surface area contributed by atoms with Crippen LogP contribution in [-0.4, -0.2) is 23.0 Å². The van der Waals surface area contributed by atoms with E-state index in [1.165, 1.54) is 49.9 Å². The molecule has 0 unspecified atom stereocenters. The van der Waals surface area contributed by atoms with Crippen LogP contribution in [0.2, 0.25) is 0 Å². The molecule has 0 aliphatic carbocycles. The fraction of sp³-hybridized carbons (Fsp3) is 0.619. The Bertz CT molecular complexity index is 539. The van der Waals surface area contributed by atoms with Crippen molar-refractivity contribution in [2.45, 2.75) is 78.2 Å². The molecule has 0 fully saturated rings. The van der Waals surface area contributed by atoms with Gasteiger partial charge in [0, 0.05) is 6.42 Å². The molecule has 1 aromatic rings. The molecule has 0 spiro atoms. The van der Waals surface area contributed by atoms with Crippen LogP contribution in [0.3, 0.4) is 0 Å². The minimum atomic E-state index is -0.680. The third-order valence-corrected chi connectivity index (χ3v) is 4.30. The molecule has 2 N–H and O–H groups in total. The van der Waals surface area contributed by atoms with Gasteiger partial charge in [-0.1, -0.05) is 59.3 Å². The van der Waals surface area contributed by atoms with Crippen molar-refractivity contribution in [3.63, 3.8) is 0 Å². The number of amides is 1. The molecule has 0 aliphatic rings. The van der Waals surface area contributed by atoms with Crippen LogP contribution in [0.1, 0.15) is 72.1 Å². The van der Waals surface area contributed by atoms with Crippen molar-refractivity contribution in [1.29, 1.82) is 0 Å². The lowest BCUT2D eigenvalue weighted by Gasteiger charge is -2.20. The number of benzene rings is 1. The Labute approximate surface area is 157 Å². The van der Waals surface area contributed by atoms with Crippen LogP contribution in [0.25, 0.3) is 0 Å². The number of carbonyl (C=O) groups excluding carboxylic acids is 2. The van der Waals surface area contributed by atoms with Gasteiger partial charge in [-0.3, -0.25) is 4.79 Å². The topological polar surface area (TPSA) is 75.6 Å². The molecule has 0 heterocycles. The first kappa shape index (κ1) is 22.0. The van der Waals surface area contributed by atoms with Gasteiger partial charge < -0.3 is 15.2 Å². The number of esters is 1. The van der Waals surface area contributed by atoms with Crippen LogP contribution >= 0.6 is 0 Å². The van der Waals surface area contributed by atoms with Crippen LogP contribution in [0.4, 0.5) is 0 Å². The number of ether oxygens (including phenoxy) is 1. The lowest BCUT2D eigenvalue weighted by molar-refractivity contribution is -0.140. The molecule has 0 bridgehead atoms. The van der Waals surface area contributed by atoms with Crippen molar-refractivity contribution in [2.24, 2.45) is 5.92 Å². The highest BCUT2D eigenvalue weighted by molar-refractivity contribution is 5.85. The second-order valence-corrected chi connectivity index (χ2v) is 7.08. The Hall–Kier alpha value is -2.04. The number of nitrogens with one attached hydrogen (secondary N) is 1. The molecule has 1 aromatic carbocycles. The van der Waals surface area contributed by atoms with Gasteiger partial charge in [0.25, 0.3) is 0 Å². The Morgan fingerprint density at radius 3 is 2.15 bits per heavy atom. The quantitative estimate of drug-likeness (QED) is 0.324. The van der Waals surface area contributed by atoms with E-state index in [1.54, 1.807) is 0 Å². The number of phenolic OH excluding ortho intramolecular Hbond substituents is 1. The van der Waals surface area contributed by atoms with Gasteiger partial charge in [-0.15, -0.1) is 0 Å². The summed E-state index contributed by atoms with van der Waals surface area (Å²) in [6.45, 7) is 5.94. The monoisotopic (exact) mass is 363 g/mol. The second kappa shape index (κ2) is 12.3. The van der Waals surface area contributed by atoms with E-state index < -0.39 is 12.0 Å². The molecular formula is C21H33NO4. The SMILES string of the molecule is CCCCCCCCCC(=O)N[C@H](C(=O)Oc1ccc(O)cc1)C(C)C. The lowest BCUT2D eigenvalue weighted by atomic mass is 10.0. The molecule has 0 saturated heterocycles. The maximum absolute atomic E-state index is 12.4. The van der Waals surface area contributed by atoms with Crippen LogP contribution < -0.4 is 10.1 Å². The molecule has 0 aliphatic heterocycles. The first-order chi connectivity index (χ1) is 12.4. The molecule has 0 saturated carbocycles. The van der Waals surface area contributed by atoms with Gasteiger partial charge in [0.05, 0.1) is 0 Å². The van der Waals surface area contributed by atoms with E-state index in [-0.39, 0.29) is 17.6 Å². The summed E-state index contributed by atoms with van der Waals surface area (Å²) in [6, 6.07) is 5.26. The van der Waals surface area contributed by atoms with Gasteiger partial charge in [-0.25, -0.2) is 4.79 Å². The van der Waals surface area contributed by atoms with Gasteiger partial charge >= 0.3 is 5.97 Å². The van der Waals surface area contributed by atoms with Crippen molar-refractivity contribution < 1.29 is 19.4 Å². The zero-order valence-corrected chi connectivity index (χ0v) is 16.3. The van der Waals surface area contributed by atoms with E-state index in [0.717, 1.165) is 19.3 Å². The van der Waals surface area contributed by atoms with E-state index in [2.05, 4.69) is 12.2 Å². The Morgan fingerprint density at radius 2 is 1.58 bits per heavy atom. The van der Waals surface area contributed by atoms with Gasteiger partial charge in [-0.2, -0.15) is 0 Å². The number of aromatic hydroxyl groups is 1. The normalized spacial score (nSPS) is 12.0. The van der Waals surface area contributed by atoms with Crippen LogP contribution in [0.5, 0.6) is 11.5 Å². The molecule has 1 atom stereocenters. The van der Waals surface area contributed by atoms with E-state index in [9.17, 15) is 14.7 Å². The summed E-state index contributed by atoms with van der Waals surface area (Å²) in [6.07, 6.45) is 8.48. The van der Waals surface area contributed by atoms with E-state index in [4.69, 9.17) is 4.74 Å². The number of carbonyl (C=O) groups is 2. The van der Waals surface area contributed by atoms with Crippen molar-refractivity contribution in [2.75, 3.05) is 0 Å². The molecule has 5 heteroatoms. The van der Waals surface area contributed by atoms with Gasteiger partial charge in [-0.05, 0) is 36.6 Å².